The fraction of sp³-hybridized carbons (Fsp3) is 0.235. The Bertz CT molecular complexity index is 802. The maximum Gasteiger partial charge on any atom is 0.352 e. The molecule has 0 bridgehead atoms. The molecule has 0 unspecified atom stereocenters. The second-order valence-electron chi connectivity index (χ2n) is 5.61. The number of carboxylic acids is 1. The molecule has 23 heavy (non-hydrogen) atoms. The lowest BCUT2D eigenvalue weighted by Crippen LogP contribution is -2.28. The summed E-state index contributed by atoms with van der Waals surface area (Å²) >= 11 is 0. The number of rotatable bonds is 4. The van der Waals surface area contributed by atoms with E-state index < -0.39 is 5.97 Å². The summed E-state index contributed by atoms with van der Waals surface area (Å²) in [5.41, 5.74) is 3.64. The van der Waals surface area contributed by atoms with Gasteiger partial charge in [0.05, 0.1) is 17.9 Å². The van der Waals surface area contributed by atoms with Gasteiger partial charge in [-0.25, -0.2) is 9.79 Å². The normalized spacial score (nSPS) is 14.2. The van der Waals surface area contributed by atoms with Gasteiger partial charge in [-0.05, 0) is 26.0 Å². The quantitative estimate of drug-likeness (QED) is 0.909. The van der Waals surface area contributed by atoms with Crippen molar-refractivity contribution >= 4 is 17.4 Å². The first-order valence-electron chi connectivity index (χ1n) is 7.45. The fourth-order valence-electron chi connectivity index (χ4n) is 2.53. The van der Waals surface area contributed by atoms with Gasteiger partial charge in [0.15, 0.2) is 0 Å². The summed E-state index contributed by atoms with van der Waals surface area (Å²) < 4.78 is 1.96. The van der Waals surface area contributed by atoms with Crippen LogP contribution in [0.2, 0.25) is 0 Å². The Morgan fingerprint density at radius 3 is 2.83 bits per heavy atom. The van der Waals surface area contributed by atoms with Gasteiger partial charge in [-0.1, -0.05) is 18.2 Å². The SMILES string of the molecule is CC(C)n1nccc1-c1cccc(C2=CNCC(C(=O)O)=N2)c1. The lowest BCUT2D eigenvalue weighted by molar-refractivity contribution is -0.129. The van der Waals surface area contributed by atoms with Crippen molar-refractivity contribution < 1.29 is 9.90 Å². The third-order valence-electron chi connectivity index (χ3n) is 3.62. The standard InChI is InChI=1S/C17H18N4O2/c1-11(2)21-16(6-7-19-21)13-5-3-4-12(8-13)14-9-18-10-15(20-14)17(22)23/h3-9,11,18H,10H2,1-2H3,(H,22,23). The van der Waals surface area contributed by atoms with Gasteiger partial charge in [0.2, 0.25) is 0 Å². The molecule has 2 N–H and O–H groups in total. The van der Waals surface area contributed by atoms with Crippen LogP contribution < -0.4 is 5.32 Å². The topological polar surface area (TPSA) is 79.5 Å². The molecule has 0 aliphatic carbocycles. The number of benzene rings is 1. The molecule has 0 amide bonds. The van der Waals surface area contributed by atoms with E-state index in [4.69, 9.17) is 5.11 Å². The number of aliphatic imine (C=N–C) groups is 1. The van der Waals surface area contributed by atoms with Crippen LogP contribution in [0.25, 0.3) is 17.0 Å². The summed E-state index contributed by atoms with van der Waals surface area (Å²) in [5, 5.41) is 16.4. The van der Waals surface area contributed by atoms with Crippen LogP contribution >= 0.6 is 0 Å². The van der Waals surface area contributed by atoms with Crippen molar-refractivity contribution in [2.75, 3.05) is 6.54 Å². The Morgan fingerprint density at radius 2 is 2.09 bits per heavy atom. The minimum Gasteiger partial charge on any atom is -0.477 e. The summed E-state index contributed by atoms with van der Waals surface area (Å²) in [5.74, 6) is -1.00. The summed E-state index contributed by atoms with van der Waals surface area (Å²) in [6.45, 7) is 4.40. The Morgan fingerprint density at radius 1 is 1.30 bits per heavy atom. The van der Waals surface area contributed by atoms with Gasteiger partial charge >= 0.3 is 5.97 Å². The molecule has 118 valence electrons. The molecule has 0 radical (unpaired) electrons. The van der Waals surface area contributed by atoms with E-state index >= 15 is 0 Å². The number of aliphatic carboxylic acids is 1. The van der Waals surface area contributed by atoms with Crippen LogP contribution in [-0.2, 0) is 4.79 Å². The molecule has 0 atom stereocenters. The molecule has 1 aromatic heterocycles. The van der Waals surface area contributed by atoms with Gasteiger partial charge in [-0.2, -0.15) is 5.10 Å². The molecule has 1 aliphatic heterocycles. The van der Waals surface area contributed by atoms with Crippen molar-refractivity contribution in [3.05, 3.63) is 48.3 Å². The van der Waals surface area contributed by atoms with E-state index in [1.54, 1.807) is 12.4 Å². The number of nitrogens with one attached hydrogen (secondary N) is 1. The maximum atomic E-state index is 11.1. The third kappa shape index (κ3) is 3.01. The Hall–Kier alpha value is -2.89. The Balaban J connectivity index is 1.99. The molecule has 1 aromatic carbocycles. The molecule has 0 spiro atoms. The maximum absolute atomic E-state index is 11.1. The number of carbonyl (C=O) groups is 1. The van der Waals surface area contributed by atoms with E-state index in [-0.39, 0.29) is 18.3 Å². The van der Waals surface area contributed by atoms with Crippen LogP contribution in [0.5, 0.6) is 0 Å². The van der Waals surface area contributed by atoms with E-state index in [2.05, 4.69) is 29.3 Å². The zero-order chi connectivity index (χ0) is 16.4. The third-order valence-corrected chi connectivity index (χ3v) is 3.62. The van der Waals surface area contributed by atoms with Gasteiger partial charge in [-0.15, -0.1) is 0 Å². The van der Waals surface area contributed by atoms with Crippen molar-refractivity contribution in [1.29, 1.82) is 0 Å². The highest BCUT2D eigenvalue weighted by molar-refractivity contribution is 6.37. The average molecular weight is 310 g/mol. The molecule has 0 fully saturated rings. The van der Waals surface area contributed by atoms with Crippen LogP contribution in [0.1, 0.15) is 25.5 Å². The molecule has 3 rings (SSSR count). The van der Waals surface area contributed by atoms with E-state index in [0.717, 1.165) is 16.8 Å². The van der Waals surface area contributed by atoms with E-state index in [0.29, 0.717) is 5.70 Å². The van der Waals surface area contributed by atoms with Gasteiger partial charge in [0, 0.05) is 29.6 Å². The monoisotopic (exact) mass is 310 g/mol. The molecular weight excluding hydrogens is 292 g/mol. The first kappa shape index (κ1) is 15.0. The van der Waals surface area contributed by atoms with Gasteiger partial charge in [-0.3, -0.25) is 4.68 Å². The lowest BCUT2D eigenvalue weighted by Gasteiger charge is -2.14. The van der Waals surface area contributed by atoms with Crippen molar-refractivity contribution in [2.45, 2.75) is 19.9 Å². The Kier molecular flexibility index (Phi) is 3.97. The van der Waals surface area contributed by atoms with Crippen LogP contribution in [0, 0.1) is 0 Å². The van der Waals surface area contributed by atoms with Crippen molar-refractivity contribution in [3.8, 4) is 11.3 Å². The number of hydrogen-bond acceptors (Lipinski definition) is 4. The molecule has 2 aromatic rings. The van der Waals surface area contributed by atoms with Crippen LogP contribution in [0.4, 0.5) is 0 Å². The van der Waals surface area contributed by atoms with Crippen molar-refractivity contribution in [2.24, 2.45) is 4.99 Å². The van der Waals surface area contributed by atoms with Crippen LogP contribution in [0.15, 0.2) is 47.7 Å². The average Bonchev–Trinajstić information content (AvgIpc) is 3.05. The summed E-state index contributed by atoms with van der Waals surface area (Å²) in [7, 11) is 0. The molecular formula is C17H18N4O2. The van der Waals surface area contributed by atoms with Crippen molar-refractivity contribution in [1.82, 2.24) is 15.1 Å². The van der Waals surface area contributed by atoms with Crippen LogP contribution in [0.3, 0.4) is 0 Å². The zero-order valence-corrected chi connectivity index (χ0v) is 13.0. The predicted octanol–water partition coefficient (Wildman–Crippen LogP) is 2.56. The van der Waals surface area contributed by atoms with E-state index in [9.17, 15) is 4.79 Å². The van der Waals surface area contributed by atoms with Gasteiger partial charge < -0.3 is 10.4 Å². The first-order chi connectivity index (χ1) is 11.1. The summed E-state index contributed by atoms with van der Waals surface area (Å²) in [4.78, 5) is 15.3. The largest absolute Gasteiger partial charge is 0.477 e. The number of aromatic nitrogens is 2. The lowest BCUT2D eigenvalue weighted by atomic mass is 10.1. The van der Waals surface area contributed by atoms with Crippen molar-refractivity contribution in [3.63, 3.8) is 0 Å². The molecule has 0 saturated carbocycles. The first-order valence-corrected chi connectivity index (χ1v) is 7.45. The second kappa shape index (κ2) is 6.08. The number of hydrogen-bond donors (Lipinski definition) is 2. The molecule has 1 aliphatic rings. The zero-order valence-electron chi connectivity index (χ0n) is 13.0. The Labute approximate surface area is 134 Å². The molecule has 6 heteroatoms. The van der Waals surface area contributed by atoms with Gasteiger partial charge in [0.25, 0.3) is 0 Å². The summed E-state index contributed by atoms with van der Waals surface area (Å²) in [6, 6.07) is 10.1. The van der Waals surface area contributed by atoms with E-state index in [1.165, 1.54) is 0 Å². The highest BCUT2D eigenvalue weighted by atomic mass is 16.4. The van der Waals surface area contributed by atoms with Gasteiger partial charge in [0.1, 0.15) is 5.71 Å². The van der Waals surface area contributed by atoms with Crippen LogP contribution in [-0.4, -0.2) is 33.1 Å². The molecule has 6 nitrogen and oxygen atoms in total. The predicted molar refractivity (Wildman–Crippen MR) is 89.1 cm³/mol. The number of nitrogens with zero attached hydrogens (tertiary/aromatic N) is 3. The summed E-state index contributed by atoms with van der Waals surface area (Å²) in [6.07, 6.45) is 3.52. The molecule has 0 saturated heterocycles. The minimum absolute atomic E-state index is 0.111. The highest BCUT2D eigenvalue weighted by Gasteiger charge is 2.15. The second-order valence-corrected chi connectivity index (χ2v) is 5.61. The smallest absolute Gasteiger partial charge is 0.352 e. The fourth-order valence-corrected chi connectivity index (χ4v) is 2.53. The van der Waals surface area contributed by atoms with E-state index in [1.807, 2.05) is 35.0 Å². The molecule has 2 heterocycles. The number of carboxylic acid groups (broad SMARTS) is 1. The highest BCUT2D eigenvalue weighted by Crippen LogP contribution is 2.26. The minimum atomic E-state index is -1.00.